The fourth-order valence-electron chi connectivity index (χ4n) is 3.26. The molecule has 2 rings (SSSR count). The van der Waals surface area contributed by atoms with Crippen molar-refractivity contribution >= 4 is 11.8 Å². The molecule has 0 N–H and O–H groups in total. The first-order chi connectivity index (χ1) is 9.15. The van der Waals surface area contributed by atoms with Crippen molar-refractivity contribution in [2.75, 3.05) is 31.2 Å². The largest absolute Gasteiger partial charge is 0.374 e. The van der Waals surface area contributed by atoms with E-state index < -0.39 is 0 Å². The van der Waals surface area contributed by atoms with Gasteiger partial charge in [0.15, 0.2) is 0 Å². The zero-order valence-electron chi connectivity index (χ0n) is 12.2. The van der Waals surface area contributed by atoms with Crippen LogP contribution < -0.4 is 0 Å². The molecular weight excluding hydrogens is 256 g/mol. The van der Waals surface area contributed by atoms with Crippen molar-refractivity contribution in [3.05, 3.63) is 0 Å². The Kier molecular flexibility index (Phi) is 5.56. The van der Waals surface area contributed by atoms with Crippen LogP contribution in [-0.4, -0.2) is 47.7 Å². The van der Waals surface area contributed by atoms with Gasteiger partial charge >= 0.3 is 0 Å². The maximum absolute atomic E-state index is 8.85. The summed E-state index contributed by atoms with van der Waals surface area (Å²) in [6.45, 7) is 7.45. The maximum Gasteiger partial charge on any atom is 0.0795 e. The molecule has 2 aliphatic rings. The Morgan fingerprint density at radius 3 is 3.00 bits per heavy atom. The van der Waals surface area contributed by atoms with Crippen molar-refractivity contribution in [1.29, 1.82) is 5.26 Å². The molecule has 0 aliphatic carbocycles. The first-order valence-corrected chi connectivity index (χ1v) is 8.63. The molecule has 0 saturated carbocycles. The van der Waals surface area contributed by atoms with E-state index in [-0.39, 0.29) is 5.60 Å². The second-order valence-corrected chi connectivity index (χ2v) is 7.38. The van der Waals surface area contributed by atoms with Gasteiger partial charge < -0.3 is 4.74 Å². The summed E-state index contributed by atoms with van der Waals surface area (Å²) in [5, 5.41) is 8.85. The molecule has 19 heavy (non-hydrogen) atoms. The van der Waals surface area contributed by atoms with E-state index in [1.54, 1.807) is 0 Å². The number of nitrogens with zero attached hydrogens (tertiary/aromatic N) is 2. The van der Waals surface area contributed by atoms with Gasteiger partial charge in [-0.05, 0) is 30.9 Å². The van der Waals surface area contributed by atoms with Gasteiger partial charge in [-0.25, -0.2) is 0 Å². The van der Waals surface area contributed by atoms with Gasteiger partial charge in [0, 0.05) is 37.9 Å². The minimum Gasteiger partial charge on any atom is -0.374 e. The molecule has 2 aliphatic heterocycles. The van der Waals surface area contributed by atoms with E-state index in [0.717, 1.165) is 38.3 Å². The van der Waals surface area contributed by atoms with E-state index >= 15 is 0 Å². The molecule has 2 heterocycles. The van der Waals surface area contributed by atoms with Gasteiger partial charge in [-0.15, -0.1) is 0 Å². The number of hydrogen-bond acceptors (Lipinski definition) is 4. The Morgan fingerprint density at radius 1 is 1.53 bits per heavy atom. The third-order valence-electron chi connectivity index (χ3n) is 4.16. The Labute approximate surface area is 121 Å². The van der Waals surface area contributed by atoms with Gasteiger partial charge in [0.05, 0.1) is 11.7 Å². The number of thioether (sulfide) groups is 1. The summed E-state index contributed by atoms with van der Waals surface area (Å²) < 4.78 is 6.10. The molecular formula is C15H26N2OS. The second-order valence-electron chi connectivity index (χ2n) is 6.28. The predicted octanol–water partition coefficient (Wildman–Crippen LogP) is 2.91. The van der Waals surface area contributed by atoms with Crippen LogP contribution >= 0.6 is 11.8 Å². The molecule has 2 saturated heterocycles. The Hall–Kier alpha value is -0.240. The van der Waals surface area contributed by atoms with Crippen LogP contribution in [0.5, 0.6) is 0 Å². The van der Waals surface area contributed by atoms with Gasteiger partial charge in [-0.1, -0.05) is 13.8 Å². The van der Waals surface area contributed by atoms with Crippen molar-refractivity contribution in [2.24, 2.45) is 5.92 Å². The zero-order chi connectivity index (χ0) is 13.7. The monoisotopic (exact) mass is 282 g/mol. The summed E-state index contributed by atoms with van der Waals surface area (Å²) in [7, 11) is 0. The standard InChI is InChI=1S/C15H26N2OS/c1-13(2)11-17(7-3-6-16)14-4-8-18-15(10-14)5-9-19-12-15/h13-14H,3-5,7-12H2,1-2H3. The topological polar surface area (TPSA) is 36.3 Å². The van der Waals surface area contributed by atoms with Crippen molar-refractivity contribution in [1.82, 2.24) is 4.90 Å². The number of ether oxygens (including phenoxy) is 1. The smallest absolute Gasteiger partial charge is 0.0795 e. The lowest BCUT2D eigenvalue weighted by atomic mass is 9.88. The first kappa shape index (κ1) is 15.2. The van der Waals surface area contributed by atoms with Gasteiger partial charge in [0.1, 0.15) is 0 Å². The lowest BCUT2D eigenvalue weighted by Crippen LogP contribution is -2.50. The molecule has 4 heteroatoms. The van der Waals surface area contributed by atoms with Crippen LogP contribution in [0.3, 0.4) is 0 Å². The molecule has 0 aromatic rings. The third-order valence-corrected chi connectivity index (χ3v) is 5.38. The average molecular weight is 282 g/mol. The van der Waals surface area contributed by atoms with E-state index in [1.165, 1.54) is 12.2 Å². The maximum atomic E-state index is 8.85. The number of rotatable bonds is 5. The second kappa shape index (κ2) is 6.97. The van der Waals surface area contributed by atoms with E-state index in [9.17, 15) is 0 Å². The molecule has 3 nitrogen and oxygen atoms in total. The number of hydrogen-bond donors (Lipinski definition) is 0. The van der Waals surface area contributed by atoms with Crippen molar-refractivity contribution in [3.8, 4) is 6.07 Å². The molecule has 0 radical (unpaired) electrons. The summed E-state index contributed by atoms with van der Waals surface area (Å²) in [5.74, 6) is 3.07. The van der Waals surface area contributed by atoms with Gasteiger partial charge in [0.25, 0.3) is 0 Å². The van der Waals surface area contributed by atoms with Crippen molar-refractivity contribution in [3.63, 3.8) is 0 Å². The molecule has 0 aromatic carbocycles. The van der Waals surface area contributed by atoms with Crippen LogP contribution in [0.25, 0.3) is 0 Å². The van der Waals surface area contributed by atoms with Crippen LogP contribution in [0.15, 0.2) is 0 Å². The Morgan fingerprint density at radius 2 is 2.37 bits per heavy atom. The third kappa shape index (κ3) is 4.11. The zero-order valence-corrected chi connectivity index (χ0v) is 13.0. The van der Waals surface area contributed by atoms with Crippen LogP contribution in [0, 0.1) is 17.2 Å². The lowest BCUT2D eigenvalue weighted by Gasteiger charge is -2.43. The first-order valence-electron chi connectivity index (χ1n) is 7.48. The van der Waals surface area contributed by atoms with Crippen LogP contribution in [0.1, 0.15) is 39.5 Å². The highest BCUT2D eigenvalue weighted by molar-refractivity contribution is 7.99. The summed E-state index contributed by atoms with van der Waals surface area (Å²) in [5.41, 5.74) is 0.148. The minimum absolute atomic E-state index is 0.148. The summed E-state index contributed by atoms with van der Waals surface area (Å²) in [4.78, 5) is 2.54. The molecule has 0 aromatic heterocycles. The van der Waals surface area contributed by atoms with Gasteiger partial charge in [-0.2, -0.15) is 17.0 Å². The summed E-state index contributed by atoms with van der Waals surface area (Å²) in [6.07, 6.45) is 4.15. The molecule has 0 bridgehead atoms. The average Bonchev–Trinajstić information content (AvgIpc) is 2.82. The molecule has 2 atom stereocenters. The fraction of sp³-hybridized carbons (Fsp3) is 0.933. The molecule has 2 unspecified atom stereocenters. The Bertz CT molecular complexity index is 321. The summed E-state index contributed by atoms with van der Waals surface area (Å²) >= 11 is 2.03. The highest BCUT2D eigenvalue weighted by atomic mass is 32.2. The lowest BCUT2D eigenvalue weighted by molar-refractivity contribution is -0.0905. The predicted molar refractivity (Wildman–Crippen MR) is 80.3 cm³/mol. The highest BCUT2D eigenvalue weighted by Gasteiger charge is 2.41. The molecule has 2 fully saturated rings. The van der Waals surface area contributed by atoms with E-state index in [0.29, 0.717) is 18.4 Å². The molecule has 0 amide bonds. The normalized spacial score (nSPS) is 31.2. The van der Waals surface area contributed by atoms with E-state index in [4.69, 9.17) is 10.00 Å². The fourth-order valence-corrected chi connectivity index (χ4v) is 4.64. The van der Waals surface area contributed by atoms with E-state index in [1.807, 2.05) is 11.8 Å². The van der Waals surface area contributed by atoms with Crippen LogP contribution in [0.4, 0.5) is 0 Å². The van der Waals surface area contributed by atoms with Crippen molar-refractivity contribution < 1.29 is 4.74 Å². The quantitative estimate of drug-likeness (QED) is 0.777. The molecule has 108 valence electrons. The Balaban J connectivity index is 1.97. The van der Waals surface area contributed by atoms with Crippen LogP contribution in [0.2, 0.25) is 0 Å². The van der Waals surface area contributed by atoms with Crippen molar-refractivity contribution in [2.45, 2.75) is 51.2 Å². The number of nitriles is 1. The SMILES string of the molecule is CC(C)CN(CCC#N)C1CCOC2(CCSC2)C1. The summed E-state index contributed by atoms with van der Waals surface area (Å²) in [6, 6.07) is 2.91. The molecule has 1 spiro atoms. The minimum atomic E-state index is 0.148. The highest BCUT2D eigenvalue weighted by Crippen LogP contribution is 2.39. The van der Waals surface area contributed by atoms with E-state index in [2.05, 4.69) is 24.8 Å². The van der Waals surface area contributed by atoms with Gasteiger partial charge in [-0.3, -0.25) is 4.90 Å². The van der Waals surface area contributed by atoms with Gasteiger partial charge in [0.2, 0.25) is 0 Å². The van der Waals surface area contributed by atoms with Crippen LogP contribution in [-0.2, 0) is 4.74 Å².